The Balaban J connectivity index is 1.81. The molecular weight excluding hydrogens is 492 g/mol. The average Bonchev–Trinajstić information content (AvgIpc) is 2.76. The SMILES string of the molecule is CC(=O)OC[C@H]1O[C@](O)(Br)[C@H](OCc2ccccc2)[C@@H](OCc2ccccc2)[C@@H]1OCl. The van der Waals surface area contributed by atoms with Crippen molar-refractivity contribution in [2.45, 2.75) is 49.2 Å². The van der Waals surface area contributed by atoms with Gasteiger partial charge < -0.3 is 24.1 Å². The van der Waals surface area contributed by atoms with Crippen molar-refractivity contribution >= 4 is 33.8 Å². The van der Waals surface area contributed by atoms with Crippen LogP contribution in [0.25, 0.3) is 0 Å². The summed E-state index contributed by atoms with van der Waals surface area (Å²) in [5, 5.41) is 11.0. The third kappa shape index (κ3) is 6.73. The Labute approximate surface area is 194 Å². The Kier molecular flexibility index (Phi) is 8.85. The zero-order valence-corrected chi connectivity index (χ0v) is 19.2. The van der Waals surface area contributed by atoms with Gasteiger partial charge in [-0.3, -0.25) is 9.08 Å². The summed E-state index contributed by atoms with van der Waals surface area (Å²) in [6.45, 7) is 1.50. The van der Waals surface area contributed by atoms with Gasteiger partial charge in [0.2, 0.25) is 0 Å². The largest absolute Gasteiger partial charge is 0.463 e. The first-order chi connectivity index (χ1) is 14.9. The Morgan fingerprint density at radius 1 is 1.03 bits per heavy atom. The highest BCUT2D eigenvalue weighted by Crippen LogP contribution is 2.38. The van der Waals surface area contributed by atoms with Crippen LogP contribution in [-0.4, -0.2) is 46.8 Å². The minimum absolute atomic E-state index is 0.183. The van der Waals surface area contributed by atoms with E-state index in [1.54, 1.807) is 0 Å². The number of esters is 1. The Bertz CT molecular complexity index is 821. The van der Waals surface area contributed by atoms with Crippen molar-refractivity contribution in [3.05, 3.63) is 71.8 Å². The fourth-order valence-electron chi connectivity index (χ4n) is 3.28. The lowest BCUT2D eigenvalue weighted by Gasteiger charge is -2.46. The van der Waals surface area contributed by atoms with Crippen LogP contribution in [0.2, 0.25) is 0 Å². The molecule has 1 N–H and O–H groups in total. The molecule has 3 rings (SSSR count). The summed E-state index contributed by atoms with van der Waals surface area (Å²) in [4.78, 5) is 11.3. The Morgan fingerprint density at radius 3 is 2.10 bits per heavy atom. The summed E-state index contributed by atoms with van der Waals surface area (Å²) in [5.41, 5.74) is 1.82. The van der Waals surface area contributed by atoms with E-state index in [0.29, 0.717) is 0 Å². The van der Waals surface area contributed by atoms with Crippen LogP contribution in [-0.2, 0) is 41.2 Å². The normalized spacial score (nSPS) is 28.3. The minimum Gasteiger partial charge on any atom is -0.463 e. The van der Waals surface area contributed by atoms with Crippen LogP contribution < -0.4 is 0 Å². The number of alkyl halides is 1. The fourth-order valence-corrected chi connectivity index (χ4v) is 4.12. The van der Waals surface area contributed by atoms with Gasteiger partial charge in [0, 0.05) is 6.92 Å². The third-order valence-corrected chi connectivity index (χ3v) is 5.61. The molecule has 5 atom stereocenters. The zero-order chi connectivity index (χ0) is 22.3. The second-order valence-electron chi connectivity index (χ2n) is 7.10. The number of hydrogen-bond donors (Lipinski definition) is 1. The third-order valence-electron chi connectivity index (χ3n) is 4.77. The van der Waals surface area contributed by atoms with Crippen molar-refractivity contribution in [1.82, 2.24) is 0 Å². The molecule has 1 fully saturated rings. The fraction of sp³-hybridized carbons (Fsp3) is 0.409. The van der Waals surface area contributed by atoms with Crippen LogP contribution in [0.15, 0.2) is 60.7 Å². The lowest BCUT2D eigenvalue weighted by molar-refractivity contribution is -0.317. The number of ether oxygens (including phenoxy) is 4. The van der Waals surface area contributed by atoms with Crippen LogP contribution in [0.4, 0.5) is 0 Å². The highest BCUT2D eigenvalue weighted by molar-refractivity contribution is 9.10. The summed E-state index contributed by atoms with van der Waals surface area (Å²) in [6.07, 6.45) is -3.64. The summed E-state index contributed by atoms with van der Waals surface area (Å²) in [5.74, 6) is -0.501. The van der Waals surface area contributed by atoms with E-state index in [1.165, 1.54) is 6.92 Å². The molecule has 0 aliphatic carbocycles. The molecular formula is C22H24BrClO7. The van der Waals surface area contributed by atoms with Crippen molar-refractivity contribution < 1.29 is 33.1 Å². The maximum atomic E-state index is 11.3. The lowest BCUT2D eigenvalue weighted by atomic mass is 9.98. The van der Waals surface area contributed by atoms with Gasteiger partial charge in [-0.1, -0.05) is 60.7 Å². The van der Waals surface area contributed by atoms with Crippen molar-refractivity contribution in [3.8, 4) is 0 Å². The number of carbonyl (C=O) groups is 1. The number of benzene rings is 2. The highest BCUT2D eigenvalue weighted by Gasteiger charge is 2.55. The van der Waals surface area contributed by atoms with Gasteiger partial charge in [0.25, 0.3) is 4.70 Å². The van der Waals surface area contributed by atoms with Gasteiger partial charge in [0.1, 0.15) is 24.9 Å². The van der Waals surface area contributed by atoms with Crippen molar-refractivity contribution in [2.24, 2.45) is 0 Å². The molecule has 0 bridgehead atoms. The summed E-state index contributed by atoms with van der Waals surface area (Å²) < 4.78 is 26.0. The van der Waals surface area contributed by atoms with Crippen LogP contribution in [0.1, 0.15) is 18.1 Å². The van der Waals surface area contributed by atoms with E-state index >= 15 is 0 Å². The topological polar surface area (TPSA) is 83.5 Å². The predicted molar refractivity (Wildman–Crippen MR) is 116 cm³/mol. The van der Waals surface area contributed by atoms with E-state index in [-0.39, 0.29) is 19.8 Å². The van der Waals surface area contributed by atoms with E-state index in [2.05, 4.69) is 15.9 Å². The molecule has 0 spiro atoms. The zero-order valence-electron chi connectivity index (χ0n) is 16.9. The molecule has 0 amide bonds. The molecule has 1 saturated heterocycles. The number of hydrogen-bond acceptors (Lipinski definition) is 7. The van der Waals surface area contributed by atoms with Gasteiger partial charge in [-0.2, -0.15) is 0 Å². The second-order valence-corrected chi connectivity index (χ2v) is 8.41. The average molecular weight is 516 g/mol. The number of aliphatic hydroxyl groups is 1. The quantitative estimate of drug-likeness (QED) is 0.403. The standard InChI is InChI=1S/C22H24BrClO7/c1-15(25)27-14-18-19(31-24)20(28-12-16-8-4-2-5-9-16)21(22(23,26)30-18)29-13-17-10-6-3-7-11-17/h2-11,18-21,26H,12-14H2,1H3/t18-,19-,20+,21-,22+/m1/s1. The molecule has 2 aromatic carbocycles. The van der Waals surface area contributed by atoms with Crippen molar-refractivity contribution in [2.75, 3.05) is 6.61 Å². The Hall–Kier alpha value is -1.52. The molecule has 1 aliphatic heterocycles. The summed E-state index contributed by atoms with van der Waals surface area (Å²) >= 11 is 8.98. The van der Waals surface area contributed by atoms with Crippen LogP contribution in [0.3, 0.4) is 0 Å². The molecule has 1 aliphatic rings. The first-order valence-corrected chi connectivity index (χ1v) is 10.8. The molecule has 0 saturated carbocycles. The molecule has 168 valence electrons. The van der Waals surface area contributed by atoms with E-state index in [0.717, 1.165) is 11.1 Å². The maximum Gasteiger partial charge on any atom is 0.302 e. The van der Waals surface area contributed by atoms with Gasteiger partial charge >= 0.3 is 5.97 Å². The second kappa shape index (κ2) is 11.4. The monoisotopic (exact) mass is 514 g/mol. The smallest absolute Gasteiger partial charge is 0.302 e. The van der Waals surface area contributed by atoms with E-state index in [4.69, 9.17) is 35.1 Å². The molecule has 7 nitrogen and oxygen atoms in total. The molecule has 31 heavy (non-hydrogen) atoms. The van der Waals surface area contributed by atoms with Crippen LogP contribution >= 0.6 is 27.8 Å². The molecule has 0 unspecified atom stereocenters. The summed E-state index contributed by atoms with van der Waals surface area (Å²) in [7, 11) is 0. The van der Waals surface area contributed by atoms with Crippen LogP contribution in [0, 0.1) is 0 Å². The molecule has 1 heterocycles. The van der Waals surface area contributed by atoms with Crippen molar-refractivity contribution in [3.63, 3.8) is 0 Å². The number of rotatable bonds is 9. The van der Waals surface area contributed by atoms with Crippen LogP contribution in [0.5, 0.6) is 0 Å². The van der Waals surface area contributed by atoms with Gasteiger partial charge in [-0.25, -0.2) is 0 Å². The molecule has 9 heteroatoms. The minimum atomic E-state index is -1.93. The first kappa shape index (κ1) is 24.1. The van der Waals surface area contributed by atoms with Gasteiger partial charge in [-0.15, -0.1) is 0 Å². The number of carbonyl (C=O) groups excluding carboxylic acids is 1. The lowest BCUT2D eigenvalue weighted by Crippen LogP contribution is -2.64. The highest BCUT2D eigenvalue weighted by atomic mass is 79.9. The molecule has 0 aromatic heterocycles. The van der Waals surface area contributed by atoms with E-state index in [9.17, 15) is 9.90 Å². The van der Waals surface area contributed by atoms with E-state index in [1.807, 2.05) is 60.7 Å². The van der Waals surface area contributed by atoms with Gasteiger partial charge in [-0.05, 0) is 27.1 Å². The summed E-state index contributed by atoms with van der Waals surface area (Å²) in [6, 6.07) is 19.0. The van der Waals surface area contributed by atoms with E-state index < -0.39 is 35.1 Å². The van der Waals surface area contributed by atoms with Gasteiger partial charge in [0.15, 0.2) is 6.10 Å². The predicted octanol–water partition coefficient (Wildman–Crippen LogP) is 3.70. The molecule has 0 radical (unpaired) electrons. The number of halogens is 2. The Morgan fingerprint density at radius 2 is 1.58 bits per heavy atom. The van der Waals surface area contributed by atoms with Gasteiger partial charge in [0.05, 0.1) is 25.1 Å². The maximum absolute atomic E-state index is 11.3. The van der Waals surface area contributed by atoms with Crippen molar-refractivity contribution in [1.29, 1.82) is 0 Å². The first-order valence-electron chi connectivity index (χ1n) is 9.71. The molecule has 2 aromatic rings.